The van der Waals surface area contributed by atoms with E-state index in [9.17, 15) is 5.11 Å². The van der Waals surface area contributed by atoms with Gasteiger partial charge in [-0.3, -0.25) is 9.88 Å². The first-order valence-electron chi connectivity index (χ1n) is 6.63. The zero-order valence-electron chi connectivity index (χ0n) is 10.7. The van der Waals surface area contributed by atoms with Crippen LogP contribution in [0.15, 0.2) is 30.5 Å². The second-order valence-corrected chi connectivity index (χ2v) is 5.59. The van der Waals surface area contributed by atoms with E-state index in [1.807, 2.05) is 24.4 Å². The molecule has 0 bridgehead atoms. The standard InChI is InChI=1S/C15H17ClN2O/c16-14-4-3-12(15-13(14)2-1-6-17-15)9-18-7-5-11(8-18)10-19/h1-4,6,11,19H,5,7-10H2. The molecular weight excluding hydrogens is 260 g/mol. The number of fused-ring (bicyclic) bond motifs is 1. The number of aliphatic hydroxyl groups excluding tert-OH is 1. The van der Waals surface area contributed by atoms with Crippen molar-refractivity contribution in [3.05, 3.63) is 41.0 Å². The predicted octanol–water partition coefficient (Wildman–Crippen LogP) is 2.70. The van der Waals surface area contributed by atoms with Gasteiger partial charge in [0.1, 0.15) is 0 Å². The molecule has 2 heterocycles. The Kier molecular flexibility index (Phi) is 3.69. The Morgan fingerprint density at radius 3 is 3.05 bits per heavy atom. The molecule has 1 aromatic heterocycles. The number of nitrogens with zero attached hydrogens (tertiary/aromatic N) is 2. The minimum absolute atomic E-state index is 0.288. The summed E-state index contributed by atoms with van der Waals surface area (Å²) in [6, 6.07) is 7.93. The van der Waals surface area contributed by atoms with Gasteiger partial charge in [0, 0.05) is 36.3 Å². The molecule has 4 heteroatoms. The molecule has 2 aromatic rings. The largest absolute Gasteiger partial charge is 0.396 e. The SMILES string of the molecule is OCC1CCN(Cc2ccc(Cl)c3cccnc23)C1. The molecule has 0 amide bonds. The van der Waals surface area contributed by atoms with Crippen LogP contribution >= 0.6 is 11.6 Å². The van der Waals surface area contributed by atoms with Gasteiger partial charge in [0.15, 0.2) is 0 Å². The lowest BCUT2D eigenvalue weighted by Gasteiger charge is -2.17. The quantitative estimate of drug-likeness (QED) is 0.936. The molecule has 3 rings (SSSR count). The van der Waals surface area contributed by atoms with Crippen molar-refractivity contribution in [1.29, 1.82) is 0 Å². The highest BCUT2D eigenvalue weighted by atomic mass is 35.5. The Bertz CT molecular complexity index is 587. The zero-order chi connectivity index (χ0) is 13.2. The summed E-state index contributed by atoms with van der Waals surface area (Å²) in [5.74, 6) is 0.423. The Morgan fingerprint density at radius 2 is 2.26 bits per heavy atom. The van der Waals surface area contributed by atoms with E-state index >= 15 is 0 Å². The summed E-state index contributed by atoms with van der Waals surface area (Å²) in [4.78, 5) is 6.84. The van der Waals surface area contributed by atoms with Crippen molar-refractivity contribution in [2.24, 2.45) is 5.92 Å². The molecule has 0 aliphatic carbocycles. The number of benzene rings is 1. The molecule has 3 nitrogen and oxygen atoms in total. The van der Waals surface area contributed by atoms with Crippen molar-refractivity contribution in [2.45, 2.75) is 13.0 Å². The molecule has 0 spiro atoms. The van der Waals surface area contributed by atoms with Crippen LogP contribution in [-0.2, 0) is 6.54 Å². The molecule has 1 aliphatic rings. The van der Waals surface area contributed by atoms with Crippen LogP contribution in [0.2, 0.25) is 5.02 Å². The predicted molar refractivity (Wildman–Crippen MR) is 77.2 cm³/mol. The number of rotatable bonds is 3. The minimum atomic E-state index is 0.288. The van der Waals surface area contributed by atoms with E-state index in [0.29, 0.717) is 5.92 Å². The van der Waals surface area contributed by atoms with Gasteiger partial charge in [0.2, 0.25) is 0 Å². The van der Waals surface area contributed by atoms with Gasteiger partial charge in [-0.1, -0.05) is 17.7 Å². The zero-order valence-corrected chi connectivity index (χ0v) is 11.5. The average Bonchev–Trinajstić information content (AvgIpc) is 2.90. The molecule has 100 valence electrons. The minimum Gasteiger partial charge on any atom is -0.396 e. The van der Waals surface area contributed by atoms with Crippen LogP contribution in [0.1, 0.15) is 12.0 Å². The number of halogens is 1. The van der Waals surface area contributed by atoms with Gasteiger partial charge >= 0.3 is 0 Å². The first kappa shape index (κ1) is 12.9. The summed E-state index contributed by atoms with van der Waals surface area (Å²) in [5.41, 5.74) is 2.20. The molecular formula is C15H17ClN2O. The summed E-state index contributed by atoms with van der Waals surface area (Å²) >= 11 is 6.20. The van der Waals surface area contributed by atoms with Gasteiger partial charge < -0.3 is 5.11 Å². The van der Waals surface area contributed by atoms with E-state index in [-0.39, 0.29) is 6.61 Å². The normalized spacial score (nSPS) is 20.2. The van der Waals surface area contributed by atoms with Crippen molar-refractivity contribution in [2.75, 3.05) is 19.7 Å². The van der Waals surface area contributed by atoms with Gasteiger partial charge in [-0.25, -0.2) is 0 Å². The van der Waals surface area contributed by atoms with Crippen LogP contribution in [-0.4, -0.2) is 34.7 Å². The van der Waals surface area contributed by atoms with Gasteiger partial charge in [0.25, 0.3) is 0 Å². The first-order chi connectivity index (χ1) is 9.28. The van der Waals surface area contributed by atoms with Crippen molar-refractivity contribution in [1.82, 2.24) is 9.88 Å². The van der Waals surface area contributed by atoms with E-state index in [1.54, 1.807) is 0 Å². The number of likely N-dealkylation sites (tertiary alicyclic amines) is 1. The van der Waals surface area contributed by atoms with E-state index in [1.165, 1.54) is 5.56 Å². The molecule has 1 N–H and O–H groups in total. The van der Waals surface area contributed by atoms with E-state index in [0.717, 1.165) is 42.0 Å². The van der Waals surface area contributed by atoms with Crippen LogP contribution in [0.5, 0.6) is 0 Å². The molecule has 1 aromatic carbocycles. The summed E-state index contributed by atoms with van der Waals surface area (Å²) < 4.78 is 0. The topological polar surface area (TPSA) is 36.4 Å². The number of aliphatic hydroxyl groups is 1. The maximum Gasteiger partial charge on any atom is 0.0761 e. The molecule has 1 fully saturated rings. The van der Waals surface area contributed by atoms with Crippen LogP contribution in [0, 0.1) is 5.92 Å². The van der Waals surface area contributed by atoms with Crippen molar-refractivity contribution >= 4 is 22.5 Å². The number of pyridine rings is 1. The van der Waals surface area contributed by atoms with Crippen molar-refractivity contribution < 1.29 is 5.11 Å². The highest BCUT2D eigenvalue weighted by molar-refractivity contribution is 6.35. The van der Waals surface area contributed by atoms with Crippen molar-refractivity contribution in [3.8, 4) is 0 Å². The fraction of sp³-hybridized carbons (Fsp3) is 0.400. The fourth-order valence-electron chi connectivity index (χ4n) is 2.77. The number of aromatic nitrogens is 1. The molecule has 19 heavy (non-hydrogen) atoms. The average molecular weight is 277 g/mol. The molecule has 1 atom stereocenters. The summed E-state index contributed by atoms with van der Waals surface area (Å²) in [6.07, 6.45) is 2.89. The van der Waals surface area contributed by atoms with Crippen molar-refractivity contribution in [3.63, 3.8) is 0 Å². The lowest BCUT2D eigenvalue weighted by Crippen LogP contribution is -2.21. The first-order valence-corrected chi connectivity index (χ1v) is 7.01. The lowest BCUT2D eigenvalue weighted by molar-refractivity contribution is 0.220. The van der Waals surface area contributed by atoms with Crippen LogP contribution < -0.4 is 0 Å². The molecule has 0 radical (unpaired) electrons. The Morgan fingerprint density at radius 1 is 1.37 bits per heavy atom. The van der Waals surface area contributed by atoms with E-state index < -0.39 is 0 Å². The highest BCUT2D eigenvalue weighted by Crippen LogP contribution is 2.27. The smallest absolute Gasteiger partial charge is 0.0761 e. The van der Waals surface area contributed by atoms with Crippen LogP contribution in [0.25, 0.3) is 10.9 Å². The third-order valence-corrected chi connectivity index (χ3v) is 4.15. The third-order valence-electron chi connectivity index (χ3n) is 3.82. The summed E-state index contributed by atoms with van der Waals surface area (Å²) in [5, 5.41) is 11.0. The molecule has 0 saturated carbocycles. The number of hydrogen-bond acceptors (Lipinski definition) is 3. The van der Waals surface area contributed by atoms with E-state index in [2.05, 4.69) is 16.0 Å². The summed E-state index contributed by atoms with van der Waals surface area (Å²) in [6.45, 7) is 3.17. The van der Waals surface area contributed by atoms with Gasteiger partial charge in [-0.15, -0.1) is 0 Å². The van der Waals surface area contributed by atoms with Crippen LogP contribution in [0.3, 0.4) is 0 Å². The van der Waals surface area contributed by atoms with Gasteiger partial charge in [-0.2, -0.15) is 0 Å². The van der Waals surface area contributed by atoms with Gasteiger partial charge in [-0.05, 0) is 42.6 Å². The van der Waals surface area contributed by atoms with Crippen LogP contribution in [0.4, 0.5) is 0 Å². The maximum atomic E-state index is 9.20. The third kappa shape index (κ3) is 2.59. The second kappa shape index (κ2) is 5.45. The fourth-order valence-corrected chi connectivity index (χ4v) is 2.99. The van der Waals surface area contributed by atoms with Gasteiger partial charge in [0.05, 0.1) is 5.52 Å². The van der Waals surface area contributed by atoms with E-state index in [4.69, 9.17) is 11.6 Å². The molecule has 1 aliphatic heterocycles. The monoisotopic (exact) mass is 276 g/mol. The number of hydrogen-bond donors (Lipinski definition) is 1. The molecule has 1 saturated heterocycles. The lowest BCUT2D eigenvalue weighted by atomic mass is 10.1. The molecule has 1 unspecified atom stereocenters. The Labute approximate surface area is 117 Å². The highest BCUT2D eigenvalue weighted by Gasteiger charge is 2.22. The summed E-state index contributed by atoms with van der Waals surface area (Å²) in [7, 11) is 0. The maximum absolute atomic E-state index is 9.20. The Hall–Kier alpha value is -1.16. The second-order valence-electron chi connectivity index (χ2n) is 5.18. The Balaban J connectivity index is 1.87.